The molecule has 1 aliphatic rings. The number of aryl methyl sites for hydroxylation is 1. The van der Waals surface area contributed by atoms with Crippen molar-refractivity contribution in [3.05, 3.63) is 83.8 Å². The Morgan fingerprint density at radius 1 is 1.26 bits per heavy atom. The van der Waals surface area contributed by atoms with E-state index in [9.17, 15) is 9.59 Å². The Bertz CT molecular complexity index is 1350. The monoisotopic (exact) mass is 456 g/mol. The minimum absolute atomic E-state index is 0.221. The van der Waals surface area contributed by atoms with E-state index < -0.39 is 12.0 Å². The molecular weight excluding hydrogens is 436 g/mol. The maximum absolute atomic E-state index is 13.5. The number of hydrogen-bond donors (Lipinski definition) is 0. The number of allylic oxidation sites excluding steroid dienone is 1. The van der Waals surface area contributed by atoms with Crippen molar-refractivity contribution in [1.82, 2.24) is 14.3 Å². The molecule has 31 heavy (non-hydrogen) atoms. The second kappa shape index (κ2) is 8.64. The molecule has 2 aromatic heterocycles. The Labute approximate surface area is 187 Å². The van der Waals surface area contributed by atoms with E-state index in [2.05, 4.69) is 10.1 Å². The highest BCUT2D eigenvalue weighted by Crippen LogP contribution is 2.31. The summed E-state index contributed by atoms with van der Waals surface area (Å²) in [7, 11) is 0. The molecule has 0 aliphatic carbocycles. The summed E-state index contributed by atoms with van der Waals surface area (Å²) in [5, 5.41) is 4.83. The van der Waals surface area contributed by atoms with Crippen molar-refractivity contribution in [3.63, 3.8) is 0 Å². The minimum atomic E-state index is -0.647. The second-order valence-electron chi connectivity index (χ2n) is 6.93. The van der Waals surface area contributed by atoms with Crippen LogP contribution in [0.5, 0.6) is 0 Å². The van der Waals surface area contributed by atoms with Gasteiger partial charge in [-0.2, -0.15) is 5.10 Å². The molecule has 0 unspecified atom stereocenters. The molecule has 0 bridgehead atoms. The summed E-state index contributed by atoms with van der Waals surface area (Å²) in [6.45, 7) is 6.42. The van der Waals surface area contributed by atoms with Crippen LogP contribution in [-0.2, 0) is 16.1 Å². The Hall–Kier alpha value is -2.97. The third-order valence-electron chi connectivity index (χ3n) is 5.03. The van der Waals surface area contributed by atoms with Crippen molar-refractivity contribution in [2.24, 2.45) is 4.99 Å². The molecule has 0 N–H and O–H groups in total. The summed E-state index contributed by atoms with van der Waals surface area (Å²) >= 11 is 7.36. The number of ether oxygens (including phenoxy) is 1. The van der Waals surface area contributed by atoms with Gasteiger partial charge in [-0.1, -0.05) is 35.1 Å². The van der Waals surface area contributed by atoms with Crippen molar-refractivity contribution < 1.29 is 9.53 Å². The first-order valence-electron chi connectivity index (χ1n) is 9.91. The number of rotatable bonds is 5. The van der Waals surface area contributed by atoms with Crippen molar-refractivity contribution >= 4 is 35.0 Å². The molecule has 1 atom stereocenters. The van der Waals surface area contributed by atoms with Gasteiger partial charge in [-0.3, -0.25) is 14.0 Å². The quantitative estimate of drug-likeness (QED) is 0.553. The van der Waals surface area contributed by atoms with Crippen molar-refractivity contribution in [2.45, 2.75) is 33.4 Å². The van der Waals surface area contributed by atoms with Gasteiger partial charge in [0.05, 0.1) is 34.1 Å². The zero-order valence-corrected chi connectivity index (χ0v) is 18.9. The van der Waals surface area contributed by atoms with E-state index in [1.165, 1.54) is 11.3 Å². The third-order valence-corrected chi connectivity index (χ3v) is 6.27. The normalized spacial score (nSPS) is 16.3. The van der Waals surface area contributed by atoms with E-state index in [0.717, 1.165) is 11.3 Å². The van der Waals surface area contributed by atoms with Crippen LogP contribution < -0.4 is 14.9 Å². The average Bonchev–Trinajstić information content (AvgIpc) is 3.32. The Morgan fingerprint density at radius 3 is 2.68 bits per heavy atom. The minimum Gasteiger partial charge on any atom is -0.463 e. The number of carbonyl (C=O) groups is 1. The van der Waals surface area contributed by atoms with Gasteiger partial charge in [-0.05, 0) is 50.6 Å². The van der Waals surface area contributed by atoms with Gasteiger partial charge in [0, 0.05) is 17.8 Å². The number of carbonyl (C=O) groups excluding carboxylic acids is 1. The first-order valence-corrected chi connectivity index (χ1v) is 11.1. The lowest BCUT2D eigenvalue weighted by Gasteiger charge is -2.24. The SMILES string of the molecule is CCOC(=O)C1=C(C)N=c2s/c(=C/c3ccnn3CC)c(=O)n2[C@@H]1c1ccc(Cl)cc1. The zero-order valence-electron chi connectivity index (χ0n) is 17.3. The lowest BCUT2D eigenvalue weighted by atomic mass is 9.96. The first kappa shape index (κ1) is 21.3. The molecule has 1 aliphatic heterocycles. The Balaban J connectivity index is 1.96. The standard InChI is InChI=1S/C22H21ClN4O3S/c1-4-26-16(10-11-24-26)12-17-20(28)27-19(14-6-8-15(23)9-7-14)18(21(29)30-5-2)13(3)25-22(27)31-17/h6-12,19H,4-5H2,1-3H3/b17-12+/t19-/m1/s1. The molecule has 0 spiro atoms. The van der Waals surface area contributed by atoms with Crippen LogP contribution >= 0.6 is 22.9 Å². The fourth-order valence-corrected chi connectivity index (χ4v) is 4.77. The number of benzene rings is 1. The topological polar surface area (TPSA) is 78.5 Å². The van der Waals surface area contributed by atoms with Crippen molar-refractivity contribution in [1.29, 1.82) is 0 Å². The van der Waals surface area contributed by atoms with Gasteiger partial charge in [0.25, 0.3) is 5.56 Å². The lowest BCUT2D eigenvalue weighted by molar-refractivity contribution is -0.139. The van der Waals surface area contributed by atoms with Crippen LogP contribution in [0.1, 0.15) is 38.1 Å². The number of aromatic nitrogens is 3. The summed E-state index contributed by atoms with van der Waals surface area (Å²) in [4.78, 5) is 31.4. The average molecular weight is 457 g/mol. The molecule has 3 heterocycles. The van der Waals surface area contributed by atoms with E-state index in [-0.39, 0.29) is 12.2 Å². The van der Waals surface area contributed by atoms with Gasteiger partial charge in [0.15, 0.2) is 4.80 Å². The molecular formula is C22H21ClN4O3S. The number of nitrogens with zero attached hydrogens (tertiary/aromatic N) is 4. The van der Waals surface area contributed by atoms with Crippen LogP contribution in [0.25, 0.3) is 6.08 Å². The van der Waals surface area contributed by atoms with Gasteiger partial charge in [0.1, 0.15) is 0 Å². The van der Waals surface area contributed by atoms with Gasteiger partial charge in [0.2, 0.25) is 0 Å². The second-order valence-corrected chi connectivity index (χ2v) is 8.37. The van der Waals surface area contributed by atoms with E-state index in [1.54, 1.807) is 36.7 Å². The largest absolute Gasteiger partial charge is 0.463 e. The molecule has 1 aromatic carbocycles. The molecule has 0 saturated carbocycles. The van der Waals surface area contributed by atoms with Crippen molar-refractivity contribution in [3.8, 4) is 0 Å². The molecule has 7 nitrogen and oxygen atoms in total. The van der Waals surface area contributed by atoms with Gasteiger partial charge in [-0.15, -0.1) is 0 Å². The zero-order chi connectivity index (χ0) is 22.1. The predicted molar refractivity (Wildman–Crippen MR) is 120 cm³/mol. The number of halogens is 1. The maximum Gasteiger partial charge on any atom is 0.338 e. The van der Waals surface area contributed by atoms with E-state index >= 15 is 0 Å². The molecule has 0 saturated heterocycles. The van der Waals surface area contributed by atoms with Gasteiger partial charge >= 0.3 is 5.97 Å². The van der Waals surface area contributed by atoms with E-state index in [0.29, 0.717) is 32.2 Å². The first-order chi connectivity index (χ1) is 14.9. The molecule has 0 amide bonds. The maximum atomic E-state index is 13.5. The van der Waals surface area contributed by atoms with Gasteiger partial charge in [-0.25, -0.2) is 9.79 Å². The molecule has 0 fully saturated rings. The third kappa shape index (κ3) is 3.88. The fourth-order valence-electron chi connectivity index (χ4n) is 3.62. The van der Waals surface area contributed by atoms with E-state index in [1.807, 2.05) is 35.9 Å². The Morgan fingerprint density at radius 2 is 2.00 bits per heavy atom. The highest BCUT2D eigenvalue weighted by Gasteiger charge is 2.33. The molecule has 4 rings (SSSR count). The molecule has 160 valence electrons. The van der Waals surface area contributed by atoms with Crippen LogP contribution in [0, 0.1) is 0 Å². The van der Waals surface area contributed by atoms with E-state index in [4.69, 9.17) is 16.3 Å². The van der Waals surface area contributed by atoms with Crippen molar-refractivity contribution in [2.75, 3.05) is 6.61 Å². The number of fused-ring (bicyclic) bond motifs is 1. The summed E-state index contributed by atoms with van der Waals surface area (Å²) in [6.07, 6.45) is 3.51. The highest BCUT2D eigenvalue weighted by atomic mass is 35.5. The van der Waals surface area contributed by atoms with Crippen LogP contribution in [0.4, 0.5) is 0 Å². The van der Waals surface area contributed by atoms with Crippen LogP contribution in [0.2, 0.25) is 5.02 Å². The van der Waals surface area contributed by atoms with Crippen LogP contribution in [-0.4, -0.2) is 26.9 Å². The van der Waals surface area contributed by atoms with Crippen LogP contribution in [0.3, 0.4) is 0 Å². The Kier molecular flexibility index (Phi) is 5.93. The summed E-state index contributed by atoms with van der Waals surface area (Å²) in [5.41, 5.74) is 2.25. The smallest absolute Gasteiger partial charge is 0.338 e. The summed E-state index contributed by atoms with van der Waals surface area (Å²) in [6, 6.07) is 8.32. The molecule has 0 radical (unpaired) electrons. The molecule has 3 aromatic rings. The number of esters is 1. The van der Waals surface area contributed by atoms with Crippen LogP contribution in [0.15, 0.2) is 57.6 Å². The number of hydrogen-bond acceptors (Lipinski definition) is 6. The lowest BCUT2D eigenvalue weighted by Crippen LogP contribution is -2.40. The summed E-state index contributed by atoms with van der Waals surface area (Å²) in [5.74, 6) is -0.484. The number of thiazole rings is 1. The van der Waals surface area contributed by atoms with Gasteiger partial charge < -0.3 is 4.74 Å². The highest BCUT2D eigenvalue weighted by molar-refractivity contribution is 7.07. The fraction of sp³-hybridized carbons (Fsp3) is 0.273. The molecule has 9 heteroatoms. The summed E-state index contributed by atoms with van der Waals surface area (Å²) < 4.78 is 9.18. The predicted octanol–water partition coefficient (Wildman–Crippen LogP) is 2.67.